The van der Waals surface area contributed by atoms with Crippen LogP contribution in [-0.2, 0) is 0 Å². The molecule has 0 aliphatic heterocycles. The Labute approximate surface area is 128 Å². The van der Waals surface area contributed by atoms with Gasteiger partial charge in [0.2, 0.25) is 5.95 Å². The molecule has 110 valence electrons. The van der Waals surface area contributed by atoms with E-state index in [1.165, 1.54) is 0 Å². The van der Waals surface area contributed by atoms with E-state index in [0.717, 1.165) is 5.56 Å². The maximum absolute atomic E-state index is 9.59. The van der Waals surface area contributed by atoms with Gasteiger partial charge in [-0.25, -0.2) is 4.98 Å². The molecule has 0 unspecified atom stereocenters. The summed E-state index contributed by atoms with van der Waals surface area (Å²) in [5.74, 6) is 5.66. The molecule has 0 saturated carbocycles. The summed E-state index contributed by atoms with van der Waals surface area (Å²) in [6, 6.07) is 9.04. The molecule has 0 aliphatic rings. The molecule has 22 heavy (non-hydrogen) atoms. The summed E-state index contributed by atoms with van der Waals surface area (Å²) >= 11 is 0. The van der Waals surface area contributed by atoms with Crippen LogP contribution in [0.3, 0.4) is 0 Å². The molecule has 6 heteroatoms. The first-order valence-electron chi connectivity index (χ1n) is 6.49. The molecule has 1 aromatic carbocycles. The molecule has 0 spiro atoms. The van der Waals surface area contributed by atoms with Gasteiger partial charge in [0.1, 0.15) is 23.1 Å². The Morgan fingerprint density at radius 2 is 1.77 bits per heavy atom. The molecule has 2 aromatic rings. The van der Waals surface area contributed by atoms with Gasteiger partial charge in [0.15, 0.2) is 0 Å². The van der Waals surface area contributed by atoms with Gasteiger partial charge in [0.05, 0.1) is 5.69 Å². The summed E-state index contributed by atoms with van der Waals surface area (Å²) in [5, 5.41) is 18.8. The zero-order valence-corrected chi connectivity index (χ0v) is 12.3. The number of aromatic nitrogens is 2. The van der Waals surface area contributed by atoms with Gasteiger partial charge in [-0.2, -0.15) is 10.2 Å². The predicted molar refractivity (Wildman–Crippen MR) is 84.2 cm³/mol. The van der Waals surface area contributed by atoms with E-state index in [0.29, 0.717) is 11.3 Å². The van der Waals surface area contributed by atoms with E-state index < -0.39 is 5.60 Å². The van der Waals surface area contributed by atoms with Crippen LogP contribution in [0.4, 0.5) is 11.8 Å². The average Bonchev–Trinajstić information content (AvgIpc) is 2.44. The van der Waals surface area contributed by atoms with Crippen molar-refractivity contribution in [2.75, 3.05) is 11.5 Å². The van der Waals surface area contributed by atoms with Crippen molar-refractivity contribution in [1.82, 2.24) is 9.97 Å². The number of nitrogens with zero attached hydrogens (tertiary/aromatic N) is 3. The van der Waals surface area contributed by atoms with Crippen LogP contribution in [0.1, 0.15) is 25.0 Å². The third kappa shape index (κ3) is 3.51. The van der Waals surface area contributed by atoms with Gasteiger partial charge in [-0.1, -0.05) is 24.0 Å². The molecule has 0 atom stereocenters. The lowest BCUT2D eigenvalue weighted by Gasteiger charge is -2.07. The van der Waals surface area contributed by atoms with Gasteiger partial charge in [-0.3, -0.25) is 0 Å². The standard InChI is InChI=1S/C16H15N5O/c1-16(2,22)8-7-10-3-5-11(6-4-10)13-12(9-17)14(18)21-15(19)20-13/h3-6,22H,1-2H3,(H4,18,19,20,21). The minimum absolute atomic E-state index is 0.0115. The van der Waals surface area contributed by atoms with Crippen LogP contribution in [0.15, 0.2) is 24.3 Å². The first-order valence-corrected chi connectivity index (χ1v) is 6.49. The second-order valence-corrected chi connectivity index (χ2v) is 5.19. The highest BCUT2D eigenvalue weighted by molar-refractivity contribution is 5.73. The van der Waals surface area contributed by atoms with Crippen LogP contribution >= 0.6 is 0 Å². The molecule has 6 nitrogen and oxygen atoms in total. The van der Waals surface area contributed by atoms with E-state index in [2.05, 4.69) is 21.8 Å². The summed E-state index contributed by atoms with van der Waals surface area (Å²) in [6.45, 7) is 3.22. The first-order chi connectivity index (χ1) is 10.3. The third-order valence-corrected chi connectivity index (χ3v) is 2.74. The number of hydrogen-bond donors (Lipinski definition) is 3. The van der Waals surface area contributed by atoms with Crippen molar-refractivity contribution in [3.63, 3.8) is 0 Å². The van der Waals surface area contributed by atoms with Crippen LogP contribution in [-0.4, -0.2) is 20.7 Å². The molecule has 2 rings (SSSR count). The Morgan fingerprint density at radius 3 is 2.32 bits per heavy atom. The molecule has 0 bridgehead atoms. The maximum atomic E-state index is 9.59. The fraction of sp³-hybridized carbons (Fsp3) is 0.188. The van der Waals surface area contributed by atoms with Crippen molar-refractivity contribution in [2.24, 2.45) is 0 Å². The smallest absolute Gasteiger partial charge is 0.222 e. The molecular weight excluding hydrogens is 278 g/mol. The van der Waals surface area contributed by atoms with Gasteiger partial charge in [0, 0.05) is 11.1 Å². The lowest BCUT2D eigenvalue weighted by atomic mass is 10.0. The van der Waals surface area contributed by atoms with Crippen molar-refractivity contribution in [2.45, 2.75) is 19.4 Å². The normalized spacial score (nSPS) is 10.5. The zero-order chi connectivity index (χ0) is 16.3. The second kappa shape index (κ2) is 5.72. The van der Waals surface area contributed by atoms with E-state index in [9.17, 15) is 10.4 Å². The molecule has 0 aliphatic carbocycles. The van der Waals surface area contributed by atoms with Gasteiger partial charge in [0.25, 0.3) is 0 Å². The first kappa shape index (κ1) is 15.3. The van der Waals surface area contributed by atoms with Crippen LogP contribution in [0.25, 0.3) is 11.3 Å². The minimum Gasteiger partial charge on any atom is -0.382 e. The van der Waals surface area contributed by atoms with E-state index in [4.69, 9.17) is 11.5 Å². The van der Waals surface area contributed by atoms with Crippen molar-refractivity contribution < 1.29 is 5.11 Å². The van der Waals surface area contributed by atoms with Crippen LogP contribution in [0, 0.1) is 23.2 Å². The second-order valence-electron chi connectivity index (χ2n) is 5.19. The van der Waals surface area contributed by atoms with Crippen molar-refractivity contribution in [1.29, 1.82) is 5.26 Å². The van der Waals surface area contributed by atoms with Gasteiger partial charge >= 0.3 is 0 Å². The number of aliphatic hydroxyl groups is 1. The van der Waals surface area contributed by atoms with Gasteiger partial charge in [-0.15, -0.1) is 0 Å². The highest BCUT2D eigenvalue weighted by Gasteiger charge is 2.13. The molecule has 0 fully saturated rings. The molecule has 0 saturated heterocycles. The quantitative estimate of drug-likeness (QED) is 0.681. The van der Waals surface area contributed by atoms with E-state index in [-0.39, 0.29) is 17.3 Å². The Bertz CT molecular complexity index is 802. The Balaban J connectivity index is 2.44. The molecule has 0 radical (unpaired) electrons. The number of nitrogen functional groups attached to an aromatic ring is 2. The largest absolute Gasteiger partial charge is 0.382 e. The van der Waals surface area contributed by atoms with Crippen molar-refractivity contribution in [3.05, 3.63) is 35.4 Å². The zero-order valence-electron chi connectivity index (χ0n) is 12.3. The van der Waals surface area contributed by atoms with Gasteiger partial charge < -0.3 is 16.6 Å². The molecule has 5 N–H and O–H groups in total. The highest BCUT2D eigenvalue weighted by Crippen LogP contribution is 2.25. The van der Waals surface area contributed by atoms with Crippen molar-refractivity contribution >= 4 is 11.8 Å². The highest BCUT2D eigenvalue weighted by atomic mass is 16.3. The number of benzene rings is 1. The number of anilines is 2. The molecule has 1 heterocycles. The van der Waals surface area contributed by atoms with E-state index in [1.807, 2.05) is 6.07 Å². The summed E-state index contributed by atoms with van der Waals surface area (Å²) in [7, 11) is 0. The number of rotatable bonds is 1. The lowest BCUT2D eigenvalue weighted by Crippen LogP contribution is -2.14. The van der Waals surface area contributed by atoms with Crippen LogP contribution in [0.5, 0.6) is 0 Å². The summed E-state index contributed by atoms with van der Waals surface area (Å²) < 4.78 is 0. The number of hydrogen-bond acceptors (Lipinski definition) is 6. The third-order valence-electron chi connectivity index (χ3n) is 2.74. The summed E-state index contributed by atoms with van der Waals surface area (Å²) in [4.78, 5) is 7.85. The monoisotopic (exact) mass is 293 g/mol. The Morgan fingerprint density at radius 1 is 1.14 bits per heavy atom. The van der Waals surface area contributed by atoms with Crippen LogP contribution < -0.4 is 11.5 Å². The fourth-order valence-electron chi connectivity index (χ4n) is 1.75. The number of nitrogens with two attached hydrogens (primary N) is 2. The molecule has 1 aromatic heterocycles. The van der Waals surface area contributed by atoms with E-state index in [1.54, 1.807) is 38.1 Å². The fourth-order valence-corrected chi connectivity index (χ4v) is 1.75. The Kier molecular flexibility index (Phi) is 3.98. The molecular formula is C16H15N5O. The van der Waals surface area contributed by atoms with Gasteiger partial charge in [-0.05, 0) is 26.0 Å². The van der Waals surface area contributed by atoms with E-state index >= 15 is 0 Å². The van der Waals surface area contributed by atoms with Crippen molar-refractivity contribution in [3.8, 4) is 29.2 Å². The SMILES string of the molecule is CC(C)(O)C#Cc1ccc(-c2nc(N)nc(N)c2C#N)cc1. The Hall–Kier alpha value is -3.09. The number of nitriles is 1. The topological polar surface area (TPSA) is 122 Å². The summed E-state index contributed by atoms with van der Waals surface area (Å²) in [5.41, 5.74) is 12.2. The molecule has 0 amide bonds. The minimum atomic E-state index is -1.05. The lowest BCUT2D eigenvalue weighted by molar-refractivity contribution is 0.143. The average molecular weight is 293 g/mol. The summed E-state index contributed by atoms with van der Waals surface area (Å²) in [6.07, 6.45) is 0. The maximum Gasteiger partial charge on any atom is 0.222 e. The predicted octanol–water partition coefficient (Wildman–Crippen LogP) is 1.30. The van der Waals surface area contributed by atoms with Crippen LogP contribution in [0.2, 0.25) is 0 Å².